The fourth-order valence-electron chi connectivity index (χ4n) is 1.58. The molecule has 0 radical (unpaired) electrons. The van der Waals surface area contributed by atoms with Gasteiger partial charge in [0.25, 0.3) is 0 Å². The van der Waals surface area contributed by atoms with Crippen LogP contribution in [0, 0.1) is 0 Å². The lowest BCUT2D eigenvalue weighted by Gasteiger charge is -1.99. The molecule has 1 fully saturated rings. The summed E-state index contributed by atoms with van der Waals surface area (Å²) in [5.41, 5.74) is 1.40. The molecule has 1 aromatic carbocycles. The van der Waals surface area contributed by atoms with Gasteiger partial charge in [0.2, 0.25) is 6.79 Å². The predicted molar refractivity (Wildman–Crippen MR) is 55.9 cm³/mol. The van der Waals surface area contributed by atoms with E-state index in [1.807, 2.05) is 19.9 Å². The van der Waals surface area contributed by atoms with Crippen LogP contribution in [0.3, 0.4) is 0 Å². The standard InChI is InChI=1S/C10H10O2.C2H6/c1-2-7(1)8-3-4-9-10(5-8)12-6-11-9;1-2/h3-5,7H,1-2,6H2;1-2H3. The summed E-state index contributed by atoms with van der Waals surface area (Å²) < 4.78 is 10.5. The average Bonchev–Trinajstić information content (AvgIpc) is 2.99. The summed E-state index contributed by atoms with van der Waals surface area (Å²) in [7, 11) is 0. The van der Waals surface area contributed by atoms with Crippen molar-refractivity contribution in [3.8, 4) is 11.5 Å². The van der Waals surface area contributed by atoms with Crippen molar-refractivity contribution < 1.29 is 9.47 Å². The molecule has 1 saturated carbocycles. The zero-order chi connectivity index (χ0) is 9.97. The van der Waals surface area contributed by atoms with Crippen LogP contribution in [-0.2, 0) is 0 Å². The van der Waals surface area contributed by atoms with E-state index in [1.165, 1.54) is 18.4 Å². The highest BCUT2D eigenvalue weighted by Gasteiger charge is 2.25. The Bertz CT molecular complexity index is 316. The van der Waals surface area contributed by atoms with Crippen LogP contribution in [0.4, 0.5) is 0 Å². The minimum Gasteiger partial charge on any atom is -0.454 e. The molecule has 0 unspecified atom stereocenters. The van der Waals surface area contributed by atoms with Gasteiger partial charge in [-0.3, -0.25) is 0 Å². The van der Waals surface area contributed by atoms with Crippen molar-refractivity contribution in [3.63, 3.8) is 0 Å². The smallest absolute Gasteiger partial charge is 0.231 e. The van der Waals surface area contributed by atoms with Gasteiger partial charge in [-0.15, -0.1) is 0 Å². The van der Waals surface area contributed by atoms with Crippen molar-refractivity contribution in [2.45, 2.75) is 32.6 Å². The van der Waals surface area contributed by atoms with Crippen molar-refractivity contribution in [2.24, 2.45) is 0 Å². The Hall–Kier alpha value is -1.18. The molecule has 0 atom stereocenters. The van der Waals surface area contributed by atoms with Crippen LogP contribution in [0.25, 0.3) is 0 Å². The van der Waals surface area contributed by atoms with E-state index < -0.39 is 0 Å². The molecule has 1 heterocycles. The lowest BCUT2D eigenvalue weighted by molar-refractivity contribution is 0.174. The summed E-state index contributed by atoms with van der Waals surface area (Å²) in [4.78, 5) is 0. The summed E-state index contributed by atoms with van der Waals surface area (Å²) in [5, 5.41) is 0. The first-order chi connectivity index (χ1) is 6.93. The van der Waals surface area contributed by atoms with E-state index in [0.29, 0.717) is 6.79 Å². The highest BCUT2D eigenvalue weighted by molar-refractivity contribution is 5.46. The summed E-state index contributed by atoms with van der Waals surface area (Å²) in [6.07, 6.45) is 2.67. The highest BCUT2D eigenvalue weighted by atomic mass is 16.7. The fourth-order valence-corrected chi connectivity index (χ4v) is 1.58. The van der Waals surface area contributed by atoms with Crippen molar-refractivity contribution in [2.75, 3.05) is 6.79 Å². The molecule has 1 aliphatic heterocycles. The van der Waals surface area contributed by atoms with Crippen LogP contribution in [0.1, 0.15) is 38.2 Å². The lowest BCUT2D eigenvalue weighted by Crippen LogP contribution is -1.92. The normalized spacial score (nSPS) is 17.3. The van der Waals surface area contributed by atoms with Crippen LogP contribution in [0.2, 0.25) is 0 Å². The molecule has 0 aromatic heterocycles. The van der Waals surface area contributed by atoms with Gasteiger partial charge >= 0.3 is 0 Å². The molecule has 0 saturated heterocycles. The molecular formula is C12H16O2. The molecule has 1 aliphatic carbocycles. The van der Waals surface area contributed by atoms with Gasteiger partial charge in [0.1, 0.15) is 0 Å². The molecule has 14 heavy (non-hydrogen) atoms. The van der Waals surface area contributed by atoms with Crippen LogP contribution in [0.5, 0.6) is 11.5 Å². The second kappa shape index (κ2) is 3.91. The Kier molecular flexibility index (Phi) is 2.62. The topological polar surface area (TPSA) is 18.5 Å². The first-order valence-electron chi connectivity index (χ1n) is 5.33. The maximum absolute atomic E-state index is 5.29. The third-order valence-corrected chi connectivity index (χ3v) is 2.45. The third kappa shape index (κ3) is 1.69. The van der Waals surface area contributed by atoms with Crippen LogP contribution in [-0.4, -0.2) is 6.79 Å². The number of benzene rings is 1. The number of ether oxygens (including phenoxy) is 2. The van der Waals surface area contributed by atoms with E-state index in [-0.39, 0.29) is 0 Å². The van der Waals surface area contributed by atoms with E-state index in [9.17, 15) is 0 Å². The molecule has 3 rings (SSSR count). The van der Waals surface area contributed by atoms with E-state index in [4.69, 9.17) is 9.47 Å². The first-order valence-corrected chi connectivity index (χ1v) is 5.33. The zero-order valence-corrected chi connectivity index (χ0v) is 8.75. The van der Waals surface area contributed by atoms with Gasteiger partial charge in [-0.2, -0.15) is 0 Å². The molecule has 2 aliphatic rings. The van der Waals surface area contributed by atoms with Gasteiger partial charge in [-0.1, -0.05) is 19.9 Å². The first kappa shape index (κ1) is 9.38. The summed E-state index contributed by atoms with van der Waals surface area (Å²) >= 11 is 0. The second-order valence-electron chi connectivity index (χ2n) is 3.39. The van der Waals surface area contributed by atoms with Gasteiger partial charge in [-0.05, 0) is 36.5 Å². The maximum Gasteiger partial charge on any atom is 0.231 e. The monoisotopic (exact) mass is 192 g/mol. The molecule has 76 valence electrons. The maximum atomic E-state index is 5.29. The highest BCUT2D eigenvalue weighted by Crippen LogP contribution is 2.43. The Morgan fingerprint density at radius 2 is 1.79 bits per heavy atom. The quantitative estimate of drug-likeness (QED) is 0.679. The van der Waals surface area contributed by atoms with Crippen LogP contribution < -0.4 is 9.47 Å². The molecule has 0 spiro atoms. The van der Waals surface area contributed by atoms with Crippen molar-refractivity contribution >= 4 is 0 Å². The Morgan fingerprint density at radius 1 is 1.07 bits per heavy atom. The summed E-state index contributed by atoms with van der Waals surface area (Å²) in [6, 6.07) is 6.27. The average molecular weight is 192 g/mol. The van der Waals surface area contributed by atoms with Crippen LogP contribution in [0.15, 0.2) is 18.2 Å². The molecule has 2 heteroatoms. The van der Waals surface area contributed by atoms with Gasteiger partial charge in [0, 0.05) is 0 Å². The minimum absolute atomic E-state index is 0.378. The van der Waals surface area contributed by atoms with Crippen LogP contribution >= 0.6 is 0 Å². The second-order valence-corrected chi connectivity index (χ2v) is 3.39. The van der Waals surface area contributed by atoms with Crippen molar-refractivity contribution in [1.82, 2.24) is 0 Å². The summed E-state index contributed by atoms with van der Waals surface area (Å²) in [5.74, 6) is 2.60. The largest absolute Gasteiger partial charge is 0.454 e. The Morgan fingerprint density at radius 3 is 2.50 bits per heavy atom. The van der Waals surface area contributed by atoms with E-state index in [0.717, 1.165) is 17.4 Å². The van der Waals surface area contributed by atoms with Gasteiger partial charge in [0.15, 0.2) is 11.5 Å². The van der Waals surface area contributed by atoms with Gasteiger partial charge < -0.3 is 9.47 Å². The van der Waals surface area contributed by atoms with Gasteiger partial charge in [0.05, 0.1) is 0 Å². The van der Waals surface area contributed by atoms with E-state index in [1.54, 1.807) is 0 Å². The Labute approximate surface area is 84.8 Å². The lowest BCUT2D eigenvalue weighted by atomic mass is 10.1. The molecule has 0 amide bonds. The molecular weight excluding hydrogens is 176 g/mol. The number of hydrogen-bond acceptors (Lipinski definition) is 2. The third-order valence-electron chi connectivity index (χ3n) is 2.45. The fraction of sp³-hybridized carbons (Fsp3) is 0.500. The predicted octanol–water partition coefficient (Wildman–Crippen LogP) is 3.32. The molecule has 0 N–H and O–H groups in total. The zero-order valence-electron chi connectivity index (χ0n) is 8.75. The number of hydrogen-bond donors (Lipinski definition) is 0. The minimum atomic E-state index is 0.378. The number of fused-ring (bicyclic) bond motifs is 1. The molecule has 2 nitrogen and oxygen atoms in total. The molecule has 0 bridgehead atoms. The van der Waals surface area contributed by atoms with E-state index in [2.05, 4.69) is 12.1 Å². The van der Waals surface area contributed by atoms with Crippen molar-refractivity contribution in [1.29, 1.82) is 0 Å². The van der Waals surface area contributed by atoms with E-state index >= 15 is 0 Å². The SMILES string of the molecule is CC.c1cc2c(cc1C1CC1)OCO2. The Balaban J connectivity index is 0.000000354. The van der Waals surface area contributed by atoms with Crippen molar-refractivity contribution in [3.05, 3.63) is 23.8 Å². The molecule has 1 aromatic rings. The number of rotatable bonds is 1. The van der Waals surface area contributed by atoms with Gasteiger partial charge in [-0.25, -0.2) is 0 Å². The summed E-state index contributed by atoms with van der Waals surface area (Å²) in [6.45, 7) is 4.38.